The van der Waals surface area contributed by atoms with E-state index >= 15 is 0 Å². The van der Waals surface area contributed by atoms with Gasteiger partial charge in [-0.15, -0.1) is 0 Å². The largest absolute Gasteiger partial charge is 0.361 e. The fourth-order valence-electron chi connectivity index (χ4n) is 5.02. The fourth-order valence-corrected chi connectivity index (χ4v) is 5.02. The van der Waals surface area contributed by atoms with Gasteiger partial charge in [0.05, 0.1) is 6.04 Å². The van der Waals surface area contributed by atoms with Crippen molar-refractivity contribution in [1.29, 1.82) is 0 Å². The molecular formula is C29H40N4O. The zero-order valence-corrected chi connectivity index (χ0v) is 20.4. The SMILES string of the molecule is O=C(NCCc1ccccc1)[C@H](CCCN1CCCCC1)NCCCc1c[nH]c2ccccc12. The number of carbonyl (C=O) groups excluding carboxylic acids is 1. The number of hydrogen-bond donors (Lipinski definition) is 3. The van der Waals surface area contributed by atoms with E-state index in [1.54, 1.807) is 0 Å². The number of nitrogens with zero attached hydrogens (tertiary/aromatic N) is 1. The summed E-state index contributed by atoms with van der Waals surface area (Å²) in [4.78, 5) is 18.9. The molecule has 5 heteroatoms. The molecule has 34 heavy (non-hydrogen) atoms. The van der Waals surface area contributed by atoms with Crippen molar-refractivity contribution in [3.63, 3.8) is 0 Å². The van der Waals surface area contributed by atoms with Crippen LogP contribution in [0.5, 0.6) is 0 Å². The van der Waals surface area contributed by atoms with Crippen molar-refractivity contribution in [3.05, 3.63) is 71.9 Å². The lowest BCUT2D eigenvalue weighted by Gasteiger charge is -2.27. The molecule has 1 aromatic heterocycles. The van der Waals surface area contributed by atoms with Crippen LogP contribution in [0.15, 0.2) is 60.8 Å². The van der Waals surface area contributed by atoms with Crippen LogP contribution in [0.1, 0.15) is 49.7 Å². The van der Waals surface area contributed by atoms with Gasteiger partial charge in [-0.05, 0) is 88.3 Å². The van der Waals surface area contributed by atoms with Crippen LogP contribution < -0.4 is 10.6 Å². The zero-order chi connectivity index (χ0) is 23.4. The predicted octanol–water partition coefficient (Wildman–Crippen LogP) is 4.68. The highest BCUT2D eigenvalue weighted by Crippen LogP contribution is 2.19. The van der Waals surface area contributed by atoms with Crippen molar-refractivity contribution >= 4 is 16.8 Å². The molecular weight excluding hydrogens is 420 g/mol. The monoisotopic (exact) mass is 460 g/mol. The van der Waals surface area contributed by atoms with Crippen molar-refractivity contribution in [2.45, 2.75) is 57.4 Å². The van der Waals surface area contributed by atoms with E-state index in [4.69, 9.17) is 0 Å². The van der Waals surface area contributed by atoms with E-state index in [9.17, 15) is 4.79 Å². The molecule has 0 unspecified atom stereocenters. The first kappa shape index (κ1) is 24.5. The predicted molar refractivity (Wildman–Crippen MR) is 141 cm³/mol. The first-order valence-corrected chi connectivity index (χ1v) is 13.1. The molecule has 5 nitrogen and oxygen atoms in total. The quantitative estimate of drug-likeness (QED) is 0.325. The molecule has 0 spiro atoms. The minimum Gasteiger partial charge on any atom is -0.361 e. The number of nitrogens with one attached hydrogen (secondary N) is 3. The Hall–Kier alpha value is -2.63. The number of aryl methyl sites for hydroxylation is 1. The van der Waals surface area contributed by atoms with Gasteiger partial charge in [-0.3, -0.25) is 4.79 Å². The maximum Gasteiger partial charge on any atom is 0.237 e. The van der Waals surface area contributed by atoms with Crippen LogP contribution in [0.4, 0.5) is 0 Å². The number of amides is 1. The minimum atomic E-state index is -0.122. The Morgan fingerprint density at radius 3 is 2.56 bits per heavy atom. The number of piperidine rings is 1. The van der Waals surface area contributed by atoms with E-state index in [1.165, 1.54) is 54.4 Å². The van der Waals surface area contributed by atoms with Gasteiger partial charge in [0.2, 0.25) is 5.91 Å². The smallest absolute Gasteiger partial charge is 0.237 e. The molecule has 1 aliphatic rings. The van der Waals surface area contributed by atoms with E-state index in [0.29, 0.717) is 6.54 Å². The number of aromatic amines is 1. The number of benzene rings is 2. The third-order valence-electron chi connectivity index (χ3n) is 6.98. The molecule has 182 valence electrons. The third-order valence-corrected chi connectivity index (χ3v) is 6.98. The van der Waals surface area contributed by atoms with Crippen molar-refractivity contribution < 1.29 is 4.79 Å². The maximum atomic E-state index is 13.0. The van der Waals surface area contributed by atoms with Gasteiger partial charge >= 0.3 is 0 Å². The highest BCUT2D eigenvalue weighted by molar-refractivity contribution is 5.83. The highest BCUT2D eigenvalue weighted by atomic mass is 16.2. The molecule has 1 atom stereocenters. The van der Waals surface area contributed by atoms with Crippen LogP contribution >= 0.6 is 0 Å². The Balaban J connectivity index is 1.24. The number of likely N-dealkylation sites (tertiary alicyclic amines) is 1. The first-order chi connectivity index (χ1) is 16.8. The van der Waals surface area contributed by atoms with Gasteiger partial charge < -0.3 is 20.5 Å². The summed E-state index contributed by atoms with van der Waals surface area (Å²) in [5, 5.41) is 8.06. The molecule has 1 aliphatic heterocycles. The summed E-state index contributed by atoms with van der Waals surface area (Å²) in [7, 11) is 0. The second kappa shape index (κ2) is 13.3. The average Bonchev–Trinajstić information content (AvgIpc) is 3.30. The number of carbonyl (C=O) groups is 1. The normalized spacial score (nSPS) is 15.4. The van der Waals surface area contributed by atoms with E-state index in [0.717, 1.165) is 45.2 Å². The lowest BCUT2D eigenvalue weighted by molar-refractivity contribution is -0.123. The molecule has 1 fully saturated rings. The number of H-pyrrole nitrogens is 1. The molecule has 3 N–H and O–H groups in total. The summed E-state index contributed by atoms with van der Waals surface area (Å²) in [6, 6.07) is 18.7. The number of aromatic nitrogens is 1. The van der Waals surface area contributed by atoms with Crippen molar-refractivity contribution in [1.82, 2.24) is 20.5 Å². The molecule has 0 radical (unpaired) electrons. The van der Waals surface area contributed by atoms with Gasteiger partial charge in [0.15, 0.2) is 0 Å². The van der Waals surface area contributed by atoms with Crippen molar-refractivity contribution in [2.24, 2.45) is 0 Å². The average molecular weight is 461 g/mol. The van der Waals surface area contributed by atoms with Crippen LogP contribution in [-0.2, 0) is 17.6 Å². The van der Waals surface area contributed by atoms with Crippen molar-refractivity contribution in [3.8, 4) is 0 Å². The van der Waals surface area contributed by atoms with Gasteiger partial charge in [0.1, 0.15) is 0 Å². The van der Waals surface area contributed by atoms with Crippen LogP contribution in [0.3, 0.4) is 0 Å². The molecule has 4 rings (SSSR count). The van der Waals surface area contributed by atoms with Gasteiger partial charge in [-0.2, -0.15) is 0 Å². The number of hydrogen-bond acceptors (Lipinski definition) is 3. The Morgan fingerprint density at radius 1 is 0.912 bits per heavy atom. The minimum absolute atomic E-state index is 0.122. The Kier molecular flexibility index (Phi) is 9.59. The summed E-state index contributed by atoms with van der Waals surface area (Å²) in [5.41, 5.74) is 3.81. The molecule has 2 heterocycles. The lowest BCUT2D eigenvalue weighted by atomic mass is 10.1. The summed E-state index contributed by atoms with van der Waals surface area (Å²) in [5.74, 6) is 0.140. The Morgan fingerprint density at radius 2 is 1.71 bits per heavy atom. The van der Waals surface area contributed by atoms with Crippen LogP contribution in [-0.4, -0.2) is 54.6 Å². The lowest BCUT2D eigenvalue weighted by Crippen LogP contribution is -2.45. The summed E-state index contributed by atoms with van der Waals surface area (Å²) in [6.45, 7) is 5.06. The zero-order valence-electron chi connectivity index (χ0n) is 20.4. The summed E-state index contributed by atoms with van der Waals surface area (Å²) < 4.78 is 0. The third kappa shape index (κ3) is 7.44. The molecule has 2 aromatic carbocycles. The Labute approximate surface area is 204 Å². The van der Waals surface area contributed by atoms with Gasteiger partial charge in [-0.25, -0.2) is 0 Å². The van der Waals surface area contributed by atoms with E-state index in [-0.39, 0.29) is 11.9 Å². The first-order valence-electron chi connectivity index (χ1n) is 13.1. The molecule has 1 saturated heterocycles. The molecule has 0 aliphatic carbocycles. The van der Waals surface area contributed by atoms with E-state index < -0.39 is 0 Å². The van der Waals surface area contributed by atoms with E-state index in [1.807, 2.05) is 6.07 Å². The molecule has 3 aromatic rings. The molecule has 1 amide bonds. The number of rotatable bonds is 13. The van der Waals surface area contributed by atoms with Crippen LogP contribution in [0, 0.1) is 0 Å². The maximum absolute atomic E-state index is 13.0. The summed E-state index contributed by atoms with van der Waals surface area (Å²) >= 11 is 0. The highest BCUT2D eigenvalue weighted by Gasteiger charge is 2.18. The van der Waals surface area contributed by atoms with Gasteiger partial charge in [0, 0.05) is 23.6 Å². The second-order valence-electron chi connectivity index (χ2n) is 9.54. The Bertz CT molecular complexity index is 994. The van der Waals surface area contributed by atoms with Crippen LogP contribution in [0.2, 0.25) is 0 Å². The van der Waals surface area contributed by atoms with Gasteiger partial charge in [-0.1, -0.05) is 55.0 Å². The van der Waals surface area contributed by atoms with Crippen molar-refractivity contribution in [2.75, 3.05) is 32.7 Å². The van der Waals surface area contributed by atoms with Crippen LogP contribution in [0.25, 0.3) is 10.9 Å². The summed E-state index contributed by atoms with van der Waals surface area (Å²) in [6.07, 6.45) is 11.0. The van der Waals surface area contributed by atoms with E-state index in [2.05, 4.69) is 75.2 Å². The topological polar surface area (TPSA) is 60.2 Å². The number of fused-ring (bicyclic) bond motifs is 1. The molecule has 0 bridgehead atoms. The fraction of sp³-hybridized carbons (Fsp3) is 0.483. The van der Waals surface area contributed by atoms with Gasteiger partial charge in [0.25, 0.3) is 0 Å². The standard InChI is InChI=1S/C29H40N4O/c34-29(31-19-17-24-11-3-1-4-12-24)28(16-10-22-33-20-7-2-8-21-33)30-18-9-13-25-23-32-27-15-6-5-14-26(25)27/h1,3-6,11-12,14-15,23,28,30,32H,2,7-10,13,16-22H2,(H,31,34)/t28-/m0/s1. The number of para-hydroxylation sites is 1. The second-order valence-corrected chi connectivity index (χ2v) is 9.54. The molecule has 0 saturated carbocycles.